The van der Waals surface area contributed by atoms with Gasteiger partial charge in [0, 0.05) is 23.0 Å². The first-order valence-corrected chi connectivity index (χ1v) is 7.77. The number of ether oxygens (including phenoxy) is 2. The van der Waals surface area contributed by atoms with E-state index < -0.39 is 0 Å². The summed E-state index contributed by atoms with van der Waals surface area (Å²) in [5.41, 5.74) is 0. The molecule has 0 aromatic rings. The van der Waals surface area contributed by atoms with Gasteiger partial charge in [0.1, 0.15) is 0 Å². The summed E-state index contributed by atoms with van der Waals surface area (Å²) < 4.78 is 10.5. The second-order valence-electron chi connectivity index (χ2n) is 3.61. The van der Waals surface area contributed by atoms with Crippen LogP contribution in [0.1, 0.15) is 0 Å². The van der Waals surface area contributed by atoms with Crippen LogP contribution in [0.4, 0.5) is 0 Å². The first kappa shape index (κ1) is 14.6. The fourth-order valence-corrected chi connectivity index (χ4v) is 3.22. The van der Waals surface area contributed by atoms with Crippen molar-refractivity contribution in [2.45, 2.75) is 12.2 Å². The van der Waals surface area contributed by atoms with Crippen molar-refractivity contribution in [3.8, 4) is 0 Å². The first-order chi connectivity index (χ1) is 7.79. The molecule has 1 aliphatic rings. The molecule has 4 nitrogen and oxygen atoms in total. The molecule has 1 rings (SSSR count). The highest BCUT2D eigenvalue weighted by atomic mass is 32.2. The number of hydrogen-bond acceptors (Lipinski definition) is 6. The number of aliphatic hydroxyl groups excluding tert-OH is 2. The van der Waals surface area contributed by atoms with E-state index in [2.05, 4.69) is 0 Å². The molecule has 6 heteroatoms. The van der Waals surface area contributed by atoms with Gasteiger partial charge >= 0.3 is 0 Å². The largest absolute Gasteiger partial charge is 0.390 e. The minimum absolute atomic E-state index is 0.367. The lowest BCUT2D eigenvalue weighted by atomic mass is 10.4. The predicted molar refractivity (Wildman–Crippen MR) is 68.3 cm³/mol. The van der Waals surface area contributed by atoms with Gasteiger partial charge in [-0.2, -0.15) is 23.5 Å². The summed E-state index contributed by atoms with van der Waals surface area (Å²) in [7, 11) is 0. The van der Waals surface area contributed by atoms with Gasteiger partial charge in [-0.25, -0.2) is 0 Å². The molecular formula is C10H20O4S2. The maximum Gasteiger partial charge on any atom is 0.0863 e. The van der Waals surface area contributed by atoms with Crippen LogP contribution in [0.2, 0.25) is 0 Å². The van der Waals surface area contributed by atoms with Crippen LogP contribution in [0.5, 0.6) is 0 Å². The highest BCUT2D eigenvalue weighted by molar-refractivity contribution is 8.02. The Kier molecular flexibility index (Phi) is 8.72. The Morgan fingerprint density at radius 3 is 1.69 bits per heavy atom. The Balaban J connectivity index is 2.18. The van der Waals surface area contributed by atoms with Crippen molar-refractivity contribution < 1.29 is 19.7 Å². The molecular weight excluding hydrogens is 248 g/mol. The normalized spacial score (nSPS) is 31.9. The number of thioether (sulfide) groups is 2. The zero-order valence-corrected chi connectivity index (χ0v) is 11.0. The highest BCUT2D eigenvalue weighted by Crippen LogP contribution is 2.10. The van der Waals surface area contributed by atoms with Crippen LogP contribution < -0.4 is 0 Å². The molecule has 16 heavy (non-hydrogen) atoms. The molecule has 1 fully saturated rings. The SMILES string of the molecule is OC1COCCOCC(O)CSCCSC1. The van der Waals surface area contributed by atoms with Crippen molar-refractivity contribution in [2.75, 3.05) is 49.4 Å². The number of hydrogen-bond donors (Lipinski definition) is 2. The van der Waals surface area contributed by atoms with Gasteiger partial charge in [0.05, 0.1) is 38.6 Å². The zero-order chi connectivity index (χ0) is 11.6. The van der Waals surface area contributed by atoms with Crippen LogP contribution >= 0.6 is 23.5 Å². The number of rotatable bonds is 0. The number of aliphatic hydroxyl groups is 2. The van der Waals surface area contributed by atoms with E-state index in [0.717, 1.165) is 11.5 Å². The molecule has 0 bridgehead atoms. The molecule has 96 valence electrons. The van der Waals surface area contributed by atoms with E-state index in [4.69, 9.17) is 9.47 Å². The molecule has 0 spiro atoms. The summed E-state index contributed by atoms with van der Waals surface area (Å²) in [5, 5.41) is 19.1. The van der Waals surface area contributed by atoms with Gasteiger partial charge in [0.15, 0.2) is 0 Å². The van der Waals surface area contributed by atoms with Crippen molar-refractivity contribution in [3.05, 3.63) is 0 Å². The van der Waals surface area contributed by atoms with Gasteiger partial charge in [-0.15, -0.1) is 0 Å². The van der Waals surface area contributed by atoms with Gasteiger partial charge in [-0.3, -0.25) is 0 Å². The molecule has 1 heterocycles. The van der Waals surface area contributed by atoms with E-state index in [1.54, 1.807) is 23.5 Å². The third-order valence-corrected chi connectivity index (χ3v) is 4.47. The second kappa shape index (κ2) is 9.56. The van der Waals surface area contributed by atoms with Crippen molar-refractivity contribution in [2.24, 2.45) is 0 Å². The highest BCUT2D eigenvalue weighted by Gasteiger charge is 2.07. The third kappa shape index (κ3) is 7.76. The molecule has 1 saturated heterocycles. The zero-order valence-electron chi connectivity index (χ0n) is 9.34. The van der Waals surface area contributed by atoms with E-state index in [-0.39, 0.29) is 12.2 Å². The van der Waals surface area contributed by atoms with Gasteiger partial charge in [-0.1, -0.05) is 0 Å². The molecule has 2 unspecified atom stereocenters. The van der Waals surface area contributed by atoms with Crippen molar-refractivity contribution >= 4 is 23.5 Å². The van der Waals surface area contributed by atoms with Gasteiger partial charge in [-0.05, 0) is 0 Å². The first-order valence-electron chi connectivity index (χ1n) is 5.46. The average molecular weight is 268 g/mol. The van der Waals surface area contributed by atoms with Crippen molar-refractivity contribution in [1.82, 2.24) is 0 Å². The van der Waals surface area contributed by atoms with E-state index >= 15 is 0 Å². The summed E-state index contributed by atoms with van der Waals surface area (Å²) in [6.45, 7) is 1.68. The lowest BCUT2D eigenvalue weighted by Gasteiger charge is -2.14. The Bertz CT molecular complexity index is 137. The molecule has 0 amide bonds. The summed E-state index contributed by atoms with van der Waals surface area (Å²) in [6.07, 6.45) is -0.771. The monoisotopic (exact) mass is 268 g/mol. The smallest absolute Gasteiger partial charge is 0.0863 e. The lowest BCUT2D eigenvalue weighted by molar-refractivity contribution is -0.00847. The Morgan fingerprint density at radius 2 is 1.25 bits per heavy atom. The van der Waals surface area contributed by atoms with Crippen LogP contribution in [0.15, 0.2) is 0 Å². The van der Waals surface area contributed by atoms with Crippen LogP contribution in [0.25, 0.3) is 0 Å². The van der Waals surface area contributed by atoms with Crippen LogP contribution in [-0.4, -0.2) is 71.9 Å². The minimum atomic E-state index is -0.386. The second-order valence-corrected chi connectivity index (χ2v) is 5.91. The molecule has 2 atom stereocenters. The Hall–Kier alpha value is 0.540. The quantitative estimate of drug-likeness (QED) is 0.655. The maximum atomic E-state index is 9.53. The van der Waals surface area contributed by atoms with E-state index in [9.17, 15) is 10.2 Å². The van der Waals surface area contributed by atoms with E-state index in [1.807, 2.05) is 0 Å². The molecule has 0 saturated carbocycles. The molecule has 1 aliphatic heterocycles. The standard InChI is InChI=1S/C10H20O4S2/c11-9-5-13-1-2-14-6-10(12)8-16-4-3-15-7-9/h9-12H,1-8H2. The third-order valence-electron chi connectivity index (χ3n) is 1.98. The van der Waals surface area contributed by atoms with Gasteiger partial charge in [0.2, 0.25) is 0 Å². The van der Waals surface area contributed by atoms with Crippen molar-refractivity contribution in [3.63, 3.8) is 0 Å². The Morgan fingerprint density at radius 1 is 0.812 bits per heavy atom. The maximum absolute atomic E-state index is 9.53. The Labute approximate surface area is 105 Å². The van der Waals surface area contributed by atoms with Crippen LogP contribution in [0.3, 0.4) is 0 Å². The summed E-state index contributed by atoms with van der Waals surface area (Å²) in [4.78, 5) is 0. The topological polar surface area (TPSA) is 58.9 Å². The lowest BCUT2D eigenvalue weighted by Crippen LogP contribution is -2.23. The average Bonchev–Trinajstić information content (AvgIpc) is 2.27. The van der Waals surface area contributed by atoms with Crippen LogP contribution in [-0.2, 0) is 9.47 Å². The van der Waals surface area contributed by atoms with Gasteiger partial charge < -0.3 is 19.7 Å². The molecule has 0 radical (unpaired) electrons. The van der Waals surface area contributed by atoms with Crippen LogP contribution in [0, 0.1) is 0 Å². The summed E-state index contributed by atoms with van der Waals surface area (Å²) >= 11 is 3.45. The molecule has 0 aromatic carbocycles. The molecule has 2 N–H and O–H groups in total. The fraction of sp³-hybridized carbons (Fsp3) is 1.00. The fourth-order valence-electron chi connectivity index (χ4n) is 1.21. The molecule has 0 aromatic heterocycles. The molecule has 0 aliphatic carbocycles. The van der Waals surface area contributed by atoms with Gasteiger partial charge in [0.25, 0.3) is 0 Å². The summed E-state index contributed by atoms with van der Waals surface area (Å²) in [6, 6.07) is 0. The minimum Gasteiger partial charge on any atom is -0.390 e. The predicted octanol–water partition coefficient (Wildman–Crippen LogP) is 0.221. The van der Waals surface area contributed by atoms with E-state index in [1.165, 1.54) is 0 Å². The van der Waals surface area contributed by atoms with Crippen molar-refractivity contribution in [1.29, 1.82) is 0 Å². The van der Waals surface area contributed by atoms with E-state index in [0.29, 0.717) is 37.9 Å². The summed E-state index contributed by atoms with van der Waals surface area (Å²) in [5.74, 6) is 3.42.